The molecule has 1 heterocycles. The second kappa shape index (κ2) is 15.3. The molecular weight excluding hydrogens is 688 g/mol. The maximum absolute atomic E-state index is 13.6. The average molecular weight is 720 g/mol. The molecule has 0 radical (unpaired) electrons. The fourth-order valence-electron chi connectivity index (χ4n) is 4.09. The summed E-state index contributed by atoms with van der Waals surface area (Å²) in [6.07, 6.45) is 1.59. The fourth-order valence-corrected chi connectivity index (χ4v) is 6.76. The molecule has 3 aromatic carbocycles. The van der Waals surface area contributed by atoms with E-state index in [1.54, 1.807) is 24.3 Å². The van der Waals surface area contributed by atoms with Gasteiger partial charge in [-0.1, -0.05) is 46.3 Å². The molecule has 0 bridgehead atoms. The van der Waals surface area contributed by atoms with Gasteiger partial charge in [-0.25, -0.2) is 27.0 Å². The van der Waals surface area contributed by atoms with Crippen molar-refractivity contribution < 1.29 is 35.5 Å². The number of carbonyl (C=O) groups excluding carboxylic acids is 1. The minimum Gasteiger partial charge on any atom is -0.493 e. The number of nitrogens with zero attached hydrogens (tertiary/aromatic N) is 2. The highest BCUT2D eigenvalue weighted by Crippen LogP contribution is 2.30. The van der Waals surface area contributed by atoms with Gasteiger partial charge in [0.2, 0.25) is 20.0 Å². The Hall–Kier alpha value is -4.02. The van der Waals surface area contributed by atoms with Crippen LogP contribution < -0.4 is 19.6 Å². The molecule has 0 fully saturated rings. The highest BCUT2D eigenvalue weighted by molar-refractivity contribution is 9.10. The normalized spacial score (nSPS) is 12.0. The number of sulfonamides is 2. The minimum atomic E-state index is -4.13. The molecule has 0 saturated carbocycles. The smallest absolute Gasteiger partial charge is 0.255 e. The molecule has 0 atom stereocenters. The van der Waals surface area contributed by atoms with Gasteiger partial charge in [0.05, 0.1) is 43.3 Å². The number of rotatable bonds is 15. The summed E-state index contributed by atoms with van der Waals surface area (Å²) in [6, 6.07) is 22.8. The third-order valence-electron chi connectivity index (χ3n) is 6.43. The van der Waals surface area contributed by atoms with Crippen LogP contribution in [0.15, 0.2) is 109 Å². The van der Waals surface area contributed by atoms with Crippen molar-refractivity contribution in [2.45, 2.75) is 22.8 Å². The molecular formula is C30H31BrN4O8S2. The Bertz CT molecular complexity index is 1850. The quantitative estimate of drug-likeness (QED) is 0.138. The molecule has 0 saturated heterocycles. The predicted octanol–water partition coefficient (Wildman–Crippen LogP) is 3.92. The average Bonchev–Trinajstić information content (AvgIpc) is 3.50. The van der Waals surface area contributed by atoms with Gasteiger partial charge in [0, 0.05) is 17.1 Å². The maximum Gasteiger partial charge on any atom is 0.255 e. The Kier molecular flexibility index (Phi) is 11.5. The summed E-state index contributed by atoms with van der Waals surface area (Å²) in [5, 5.41) is 3.88. The number of hydrogen-bond acceptors (Lipinski definition) is 9. The van der Waals surface area contributed by atoms with Crippen molar-refractivity contribution >= 4 is 48.1 Å². The first-order valence-corrected chi connectivity index (χ1v) is 17.2. The lowest BCUT2D eigenvalue weighted by atomic mass is 10.1. The lowest BCUT2D eigenvalue weighted by Crippen LogP contribution is -2.40. The molecule has 0 aliphatic heterocycles. The summed E-state index contributed by atoms with van der Waals surface area (Å²) < 4.78 is 72.6. The number of amides is 1. The molecule has 0 spiro atoms. The van der Waals surface area contributed by atoms with Gasteiger partial charge in [0.1, 0.15) is 11.5 Å². The summed E-state index contributed by atoms with van der Waals surface area (Å²) >= 11 is 3.27. The number of methoxy groups -OCH3 is 2. The van der Waals surface area contributed by atoms with Crippen LogP contribution in [0.1, 0.15) is 17.1 Å². The summed E-state index contributed by atoms with van der Waals surface area (Å²) in [4.78, 5) is 12.9. The van der Waals surface area contributed by atoms with Crippen LogP contribution in [0.3, 0.4) is 0 Å². The number of hydrazone groups is 1. The van der Waals surface area contributed by atoms with Crippen LogP contribution in [0.5, 0.6) is 11.5 Å². The first-order chi connectivity index (χ1) is 21.5. The fraction of sp³-hybridized carbons (Fsp3) is 0.200. The van der Waals surface area contributed by atoms with Crippen molar-refractivity contribution in [3.05, 3.63) is 106 Å². The molecule has 12 nitrogen and oxygen atoms in total. The van der Waals surface area contributed by atoms with Crippen molar-refractivity contribution in [2.24, 2.45) is 5.10 Å². The van der Waals surface area contributed by atoms with Gasteiger partial charge < -0.3 is 13.9 Å². The molecule has 15 heteroatoms. The van der Waals surface area contributed by atoms with E-state index in [1.165, 1.54) is 50.8 Å². The predicted molar refractivity (Wildman–Crippen MR) is 171 cm³/mol. The number of halogens is 1. The zero-order chi connectivity index (χ0) is 32.5. The lowest BCUT2D eigenvalue weighted by molar-refractivity contribution is -0.121. The Morgan fingerprint density at radius 3 is 2.29 bits per heavy atom. The van der Waals surface area contributed by atoms with Gasteiger partial charge in [-0.2, -0.15) is 9.41 Å². The summed E-state index contributed by atoms with van der Waals surface area (Å²) in [5.74, 6) is 0.470. The second-order valence-electron chi connectivity index (χ2n) is 9.47. The highest BCUT2D eigenvalue weighted by Gasteiger charge is 2.28. The molecule has 238 valence electrons. The first-order valence-electron chi connectivity index (χ1n) is 13.4. The van der Waals surface area contributed by atoms with Crippen molar-refractivity contribution in [2.75, 3.05) is 27.3 Å². The largest absolute Gasteiger partial charge is 0.493 e. The first kappa shape index (κ1) is 33.9. The molecule has 0 aliphatic rings. The van der Waals surface area contributed by atoms with E-state index in [1.807, 2.05) is 30.3 Å². The van der Waals surface area contributed by atoms with Gasteiger partial charge in [-0.3, -0.25) is 4.79 Å². The van der Waals surface area contributed by atoms with Gasteiger partial charge in [0.15, 0.2) is 11.5 Å². The van der Waals surface area contributed by atoms with E-state index >= 15 is 0 Å². The Balaban J connectivity index is 1.40. The number of nitrogens with one attached hydrogen (secondary N) is 2. The molecule has 4 aromatic rings. The van der Waals surface area contributed by atoms with E-state index in [4.69, 9.17) is 13.9 Å². The van der Waals surface area contributed by atoms with Crippen LogP contribution in [-0.4, -0.2) is 60.6 Å². The van der Waals surface area contributed by atoms with Gasteiger partial charge in [0.25, 0.3) is 5.91 Å². The number of furan rings is 1. The van der Waals surface area contributed by atoms with Crippen LogP contribution in [0.2, 0.25) is 0 Å². The zero-order valence-corrected chi connectivity index (χ0v) is 27.6. The van der Waals surface area contributed by atoms with Crippen molar-refractivity contribution in [1.82, 2.24) is 14.5 Å². The van der Waals surface area contributed by atoms with E-state index < -0.39 is 32.5 Å². The Morgan fingerprint density at radius 1 is 0.911 bits per heavy atom. The zero-order valence-electron chi connectivity index (χ0n) is 24.3. The standard InChI is InChI=1S/C30H31BrN4O8S2/c1-41-28-15-14-27(18-29(28)42-2)45(39,40)35(17-16-22-6-4-3-5-7-22)21-30(36)34-32-19-24-10-11-25(43-24)20-33-44(37,38)26-12-8-23(31)9-13-26/h3-15,18-19,33H,16-17,20-21H2,1-2H3,(H,34,36)/b32-19-. The van der Waals surface area contributed by atoms with Gasteiger partial charge >= 0.3 is 0 Å². The molecule has 1 aromatic heterocycles. The molecule has 1 amide bonds. The topological polar surface area (TPSA) is 157 Å². The maximum atomic E-state index is 13.6. The third kappa shape index (κ3) is 9.25. The van der Waals surface area contributed by atoms with E-state index in [-0.39, 0.29) is 34.4 Å². The van der Waals surface area contributed by atoms with Crippen LogP contribution in [0.4, 0.5) is 0 Å². The molecule has 45 heavy (non-hydrogen) atoms. The number of carbonyl (C=O) groups is 1. The highest BCUT2D eigenvalue weighted by atomic mass is 79.9. The molecule has 0 unspecified atom stereocenters. The van der Waals surface area contributed by atoms with E-state index in [9.17, 15) is 21.6 Å². The van der Waals surface area contributed by atoms with Crippen molar-refractivity contribution in [3.63, 3.8) is 0 Å². The Morgan fingerprint density at radius 2 is 1.60 bits per heavy atom. The molecule has 4 rings (SSSR count). The van der Waals surface area contributed by atoms with E-state index in [0.717, 1.165) is 14.3 Å². The van der Waals surface area contributed by atoms with Gasteiger partial charge in [-0.05, 0) is 60.5 Å². The van der Waals surface area contributed by atoms with Crippen LogP contribution in [0.25, 0.3) is 0 Å². The van der Waals surface area contributed by atoms with Crippen LogP contribution >= 0.6 is 15.9 Å². The number of benzene rings is 3. The van der Waals surface area contributed by atoms with Crippen LogP contribution in [-0.2, 0) is 37.8 Å². The van der Waals surface area contributed by atoms with E-state index in [2.05, 4.69) is 31.2 Å². The van der Waals surface area contributed by atoms with Crippen molar-refractivity contribution in [1.29, 1.82) is 0 Å². The minimum absolute atomic E-state index is 0.0233. The van der Waals surface area contributed by atoms with Crippen LogP contribution in [0, 0.1) is 0 Å². The third-order valence-corrected chi connectivity index (χ3v) is 10.2. The van der Waals surface area contributed by atoms with E-state index in [0.29, 0.717) is 17.9 Å². The second-order valence-corrected chi connectivity index (χ2v) is 14.1. The summed E-state index contributed by atoms with van der Waals surface area (Å²) in [7, 11) is -5.04. The Labute approximate surface area is 270 Å². The summed E-state index contributed by atoms with van der Waals surface area (Å²) in [5.41, 5.74) is 3.22. The SMILES string of the molecule is COc1ccc(S(=O)(=O)N(CCc2ccccc2)CC(=O)N/N=C\c2ccc(CNS(=O)(=O)c3ccc(Br)cc3)o2)cc1OC. The van der Waals surface area contributed by atoms with Crippen molar-refractivity contribution in [3.8, 4) is 11.5 Å². The lowest BCUT2D eigenvalue weighted by Gasteiger charge is -2.22. The molecule has 0 aliphatic carbocycles. The molecule has 2 N–H and O–H groups in total. The van der Waals surface area contributed by atoms with Gasteiger partial charge in [-0.15, -0.1) is 0 Å². The number of hydrogen-bond donors (Lipinski definition) is 2. The number of ether oxygens (including phenoxy) is 2. The monoisotopic (exact) mass is 718 g/mol. The summed E-state index contributed by atoms with van der Waals surface area (Å²) in [6.45, 7) is -0.597.